The van der Waals surface area contributed by atoms with Crippen LogP contribution in [0.1, 0.15) is 52.7 Å². The molecule has 0 bridgehead atoms. The Morgan fingerprint density at radius 3 is 2.50 bits per heavy atom. The van der Waals surface area contributed by atoms with Crippen LogP contribution in [0, 0.1) is 0 Å². The maximum absolute atomic E-state index is 13.5. The lowest BCUT2D eigenvalue weighted by Crippen LogP contribution is -2.49. The molecule has 0 saturated heterocycles. The average Bonchev–Trinajstić information content (AvgIpc) is 3.64. The molecule has 0 unspecified atom stereocenters. The second-order valence-electron chi connectivity index (χ2n) is 8.39. The number of benzene rings is 1. The average molecular weight is 480 g/mol. The quantitative estimate of drug-likeness (QED) is 0.461. The predicted octanol–water partition coefficient (Wildman–Crippen LogP) is 3.94. The monoisotopic (exact) mass is 479 g/mol. The molecule has 1 aliphatic rings. The molecule has 1 aliphatic carbocycles. The smallest absolute Gasteiger partial charge is 0.287 e. The molecule has 7 nitrogen and oxygen atoms in total. The molecule has 0 aliphatic heterocycles. The van der Waals surface area contributed by atoms with E-state index in [1.807, 2.05) is 47.8 Å². The van der Waals surface area contributed by atoms with Gasteiger partial charge in [0.05, 0.1) is 12.8 Å². The van der Waals surface area contributed by atoms with Crippen LogP contribution < -0.4 is 10.6 Å². The highest BCUT2D eigenvalue weighted by molar-refractivity contribution is 7.10. The standard InChI is InChI=1S/C26H29N3O4S/c30-23(18-27-25(31)21-12-6-16-33-21)29(15-14-19-8-2-1-3-9-19)24(22-13-7-17-34-22)26(32)28-20-10-4-5-11-20/h1-3,6-9,12-13,16-17,20,24H,4-5,10-11,14-15,18H2,(H,27,31)(H,28,32)/t24-/m0/s1. The van der Waals surface area contributed by atoms with Gasteiger partial charge in [0.1, 0.15) is 6.04 Å². The number of carbonyl (C=O) groups excluding carboxylic acids is 3. The summed E-state index contributed by atoms with van der Waals surface area (Å²) >= 11 is 1.45. The first kappa shape index (κ1) is 23.8. The van der Waals surface area contributed by atoms with Crippen molar-refractivity contribution in [2.45, 2.75) is 44.2 Å². The summed E-state index contributed by atoms with van der Waals surface area (Å²) in [7, 11) is 0. The predicted molar refractivity (Wildman–Crippen MR) is 130 cm³/mol. The van der Waals surface area contributed by atoms with Gasteiger partial charge in [-0.25, -0.2) is 0 Å². The van der Waals surface area contributed by atoms with Crippen molar-refractivity contribution in [3.63, 3.8) is 0 Å². The fraction of sp³-hybridized carbons (Fsp3) is 0.346. The maximum atomic E-state index is 13.5. The van der Waals surface area contributed by atoms with E-state index in [-0.39, 0.29) is 30.2 Å². The zero-order chi connectivity index (χ0) is 23.8. The lowest BCUT2D eigenvalue weighted by Gasteiger charge is -2.31. The Morgan fingerprint density at radius 2 is 1.82 bits per heavy atom. The van der Waals surface area contributed by atoms with Gasteiger partial charge in [-0.3, -0.25) is 14.4 Å². The normalized spacial score (nSPS) is 14.5. The molecule has 2 aromatic heterocycles. The van der Waals surface area contributed by atoms with Crippen molar-refractivity contribution in [1.29, 1.82) is 0 Å². The number of hydrogen-bond donors (Lipinski definition) is 2. The molecule has 1 saturated carbocycles. The van der Waals surface area contributed by atoms with E-state index in [1.165, 1.54) is 23.7 Å². The van der Waals surface area contributed by atoms with Crippen LogP contribution in [-0.4, -0.2) is 41.8 Å². The summed E-state index contributed by atoms with van der Waals surface area (Å²) < 4.78 is 5.11. The number of rotatable bonds is 10. The molecule has 3 amide bonds. The first-order valence-corrected chi connectivity index (χ1v) is 12.5. The summed E-state index contributed by atoms with van der Waals surface area (Å²) in [6.07, 6.45) is 6.12. The van der Waals surface area contributed by atoms with Gasteiger partial charge in [-0.1, -0.05) is 49.2 Å². The lowest BCUT2D eigenvalue weighted by atomic mass is 10.1. The number of furan rings is 1. The zero-order valence-electron chi connectivity index (χ0n) is 18.9. The molecular weight excluding hydrogens is 450 g/mol. The van der Waals surface area contributed by atoms with Crippen molar-refractivity contribution < 1.29 is 18.8 Å². The van der Waals surface area contributed by atoms with Crippen LogP contribution in [0.3, 0.4) is 0 Å². The molecule has 34 heavy (non-hydrogen) atoms. The number of hydrogen-bond acceptors (Lipinski definition) is 5. The van der Waals surface area contributed by atoms with E-state index in [0.717, 1.165) is 36.1 Å². The highest BCUT2D eigenvalue weighted by Gasteiger charge is 2.33. The number of thiophene rings is 1. The Balaban J connectivity index is 1.54. The van der Waals surface area contributed by atoms with E-state index >= 15 is 0 Å². The third kappa shape index (κ3) is 6.14. The summed E-state index contributed by atoms with van der Waals surface area (Å²) in [6.45, 7) is 0.118. The molecule has 0 spiro atoms. The Labute approximate surface area is 203 Å². The third-order valence-corrected chi connectivity index (χ3v) is 6.95. The summed E-state index contributed by atoms with van der Waals surface area (Å²) in [5.41, 5.74) is 1.07. The van der Waals surface area contributed by atoms with Crippen LogP contribution in [0.15, 0.2) is 70.7 Å². The minimum atomic E-state index is -0.752. The van der Waals surface area contributed by atoms with Crippen LogP contribution in [-0.2, 0) is 16.0 Å². The lowest BCUT2D eigenvalue weighted by molar-refractivity contribution is -0.140. The van der Waals surface area contributed by atoms with E-state index in [2.05, 4.69) is 10.6 Å². The molecular formula is C26H29N3O4S. The van der Waals surface area contributed by atoms with Gasteiger partial charge in [0.15, 0.2) is 5.76 Å². The summed E-state index contributed by atoms with van der Waals surface area (Å²) in [6, 6.07) is 16.2. The molecule has 178 valence electrons. The van der Waals surface area contributed by atoms with Gasteiger partial charge in [-0.05, 0) is 48.4 Å². The van der Waals surface area contributed by atoms with E-state index < -0.39 is 11.9 Å². The SMILES string of the molecule is O=C(NCC(=O)N(CCc1ccccc1)[C@H](C(=O)NC1CCCC1)c1cccs1)c1ccco1. The molecule has 2 N–H and O–H groups in total. The summed E-state index contributed by atoms with van der Waals surface area (Å²) in [5, 5.41) is 7.69. The first-order valence-electron chi connectivity index (χ1n) is 11.6. The molecule has 8 heteroatoms. The molecule has 4 rings (SSSR count). The largest absolute Gasteiger partial charge is 0.459 e. The zero-order valence-corrected chi connectivity index (χ0v) is 19.8. The minimum absolute atomic E-state index is 0.136. The Kier molecular flexibility index (Phi) is 8.14. The second-order valence-corrected chi connectivity index (χ2v) is 9.37. The molecule has 1 fully saturated rings. The first-order chi connectivity index (χ1) is 16.6. The van der Waals surface area contributed by atoms with Gasteiger partial charge in [-0.15, -0.1) is 11.3 Å². The van der Waals surface area contributed by atoms with Crippen molar-refractivity contribution in [2.24, 2.45) is 0 Å². The van der Waals surface area contributed by atoms with Gasteiger partial charge < -0.3 is 20.0 Å². The van der Waals surface area contributed by atoms with Crippen LogP contribution >= 0.6 is 11.3 Å². The molecule has 0 radical (unpaired) electrons. The summed E-state index contributed by atoms with van der Waals surface area (Å²) in [5.74, 6) is -0.828. The van der Waals surface area contributed by atoms with Crippen LogP contribution in [0.4, 0.5) is 0 Å². The topological polar surface area (TPSA) is 91.7 Å². The fourth-order valence-corrected chi connectivity index (χ4v) is 5.10. The van der Waals surface area contributed by atoms with E-state index in [1.54, 1.807) is 11.0 Å². The van der Waals surface area contributed by atoms with Crippen molar-refractivity contribution in [3.05, 3.63) is 82.4 Å². The second kappa shape index (κ2) is 11.7. The number of amides is 3. The summed E-state index contributed by atoms with van der Waals surface area (Å²) in [4.78, 5) is 41.6. The number of nitrogens with one attached hydrogen (secondary N) is 2. The number of nitrogens with zero attached hydrogens (tertiary/aromatic N) is 1. The van der Waals surface area contributed by atoms with Crippen LogP contribution in [0.2, 0.25) is 0 Å². The van der Waals surface area contributed by atoms with Crippen LogP contribution in [0.25, 0.3) is 0 Å². The highest BCUT2D eigenvalue weighted by atomic mass is 32.1. The van der Waals surface area contributed by atoms with Crippen molar-refractivity contribution >= 4 is 29.1 Å². The van der Waals surface area contributed by atoms with E-state index in [9.17, 15) is 14.4 Å². The molecule has 1 atom stereocenters. The minimum Gasteiger partial charge on any atom is -0.459 e. The van der Waals surface area contributed by atoms with Gasteiger partial charge in [0.25, 0.3) is 5.91 Å². The van der Waals surface area contributed by atoms with Gasteiger partial charge >= 0.3 is 0 Å². The Morgan fingerprint density at radius 1 is 1.03 bits per heavy atom. The van der Waals surface area contributed by atoms with Gasteiger partial charge in [-0.2, -0.15) is 0 Å². The Hall–Kier alpha value is -3.39. The maximum Gasteiger partial charge on any atom is 0.287 e. The third-order valence-electron chi connectivity index (χ3n) is 6.02. The van der Waals surface area contributed by atoms with E-state index in [4.69, 9.17) is 4.42 Å². The molecule has 3 aromatic rings. The van der Waals surface area contributed by atoms with Crippen molar-refractivity contribution in [3.8, 4) is 0 Å². The number of carbonyl (C=O) groups is 3. The fourth-order valence-electron chi connectivity index (χ4n) is 4.27. The molecule has 1 aromatic carbocycles. The van der Waals surface area contributed by atoms with Gasteiger partial charge in [0, 0.05) is 17.5 Å². The van der Waals surface area contributed by atoms with E-state index in [0.29, 0.717) is 13.0 Å². The Bertz CT molecular complexity index is 1060. The van der Waals surface area contributed by atoms with Crippen molar-refractivity contribution in [1.82, 2.24) is 15.5 Å². The highest BCUT2D eigenvalue weighted by Crippen LogP contribution is 2.28. The van der Waals surface area contributed by atoms with Gasteiger partial charge in [0.2, 0.25) is 11.8 Å². The van der Waals surface area contributed by atoms with Crippen molar-refractivity contribution in [2.75, 3.05) is 13.1 Å². The van der Waals surface area contributed by atoms with Crippen LogP contribution in [0.5, 0.6) is 0 Å². The molecule has 2 heterocycles.